The summed E-state index contributed by atoms with van der Waals surface area (Å²) in [5.74, 6) is -0.912. The van der Waals surface area contributed by atoms with E-state index in [0.717, 1.165) is 18.4 Å². The normalized spacial score (nSPS) is 15.1. The van der Waals surface area contributed by atoms with E-state index in [-0.39, 0.29) is 23.3 Å². The summed E-state index contributed by atoms with van der Waals surface area (Å²) >= 11 is 5.13. The molecule has 3 amide bonds. The highest BCUT2D eigenvalue weighted by Crippen LogP contribution is 2.20. The molecule has 0 bridgehead atoms. The highest BCUT2D eigenvalue weighted by atomic mass is 32.1. The van der Waals surface area contributed by atoms with Crippen LogP contribution in [0.3, 0.4) is 0 Å². The van der Waals surface area contributed by atoms with Crippen LogP contribution in [-0.4, -0.2) is 40.9 Å². The van der Waals surface area contributed by atoms with Gasteiger partial charge in [0.15, 0.2) is 5.11 Å². The Hall–Kier alpha value is -3.46. The first-order chi connectivity index (χ1) is 16.0. The summed E-state index contributed by atoms with van der Waals surface area (Å²) in [6.07, 6.45) is 2.00. The van der Waals surface area contributed by atoms with E-state index >= 15 is 0 Å². The molecule has 3 N–H and O–H groups in total. The second kappa shape index (κ2) is 12.0. The van der Waals surface area contributed by atoms with Gasteiger partial charge < -0.3 is 9.64 Å². The van der Waals surface area contributed by atoms with Crippen LogP contribution in [0.5, 0.6) is 5.75 Å². The third kappa shape index (κ3) is 7.01. The molecule has 3 rings (SSSR count). The summed E-state index contributed by atoms with van der Waals surface area (Å²) in [6.45, 7) is 3.36. The molecule has 1 fully saturated rings. The predicted molar refractivity (Wildman–Crippen MR) is 128 cm³/mol. The van der Waals surface area contributed by atoms with E-state index in [4.69, 9.17) is 17.0 Å². The molecule has 8 nitrogen and oxygen atoms in total. The van der Waals surface area contributed by atoms with E-state index in [9.17, 15) is 14.4 Å². The van der Waals surface area contributed by atoms with Gasteiger partial charge in [-0.25, -0.2) is 0 Å². The molecule has 1 aliphatic rings. The first-order valence-corrected chi connectivity index (χ1v) is 11.3. The van der Waals surface area contributed by atoms with Crippen molar-refractivity contribution in [3.05, 3.63) is 65.7 Å². The molecule has 1 saturated heterocycles. The third-order valence-corrected chi connectivity index (χ3v) is 5.42. The van der Waals surface area contributed by atoms with Crippen molar-refractivity contribution in [2.24, 2.45) is 5.92 Å². The molecule has 9 heteroatoms. The number of amides is 3. The third-order valence-electron chi connectivity index (χ3n) is 5.21. The Morgan fingerprint density at radius 1 is 1.09 bits per heavy atom. The molecule has 1 unspecified atom stereocenters. The van der Waals surface area contributed by atoms with Gasteiger partial charge in [-0.1, -0.05) is 55.8 Å². The highest BCUT2D eigenvalue weighted by Gasteiger charge is 2.34. The van der Waals surface area contributed by atoms with Crippen molar-refractivity contribution < 1.29 is 19.1 Å². The number of carbonyl (C=O) groups is 3. The number of rotatable bonds is 8. The minimum absolute atomic E-state index is 0.0535. The Morgan fingerprint density at radius 3 is 2.58 bits per heavy atom. The van der Waals surface area contributed by atoms with E-state index in [1.54, 1.807) is 29.2 Å². The monoisotopic (exact) mass is 468 g/mol. The van der Waals surface area contributed by atoms with Crippen LogP contribution >= 0.6 is 12.2 Å². The van der Waals surface area contributed by atoms with Crippen molar-refractivity contribution in [2.45, 2.75) is 32.7 Å². The standard InChI is InChI=1S/C24H28N4O4S/c1-2-3-13-32-20-12-8-7-11-19(20)23(31)25-24(33)27-26-22(30)18-14-21(29)28(16-18)15-17-9-5-4-6-10-17/h4-12,18H,2-3,13-16H2,1H3,(H,26,30)(H2,25,27,31,33). The Labute approximate surface area is 198 Å². The number of hydrazine groups is 1. The highest BCUT2D eigenvalue weighted by molar-refractivity contribution is 7.80. The van der Waals surface area contributed by atoms with Gasteiger partial charge in [-0.3, -0.25) is 30.6 Å². The first-order valence-electron chi connectivity index (χ1n) is 10.9. The number of nitrogens with zero attached hydrogens (tertiary/aromatic N) is 1. The van der Waals surface area contributed by atoms with Gasteiger partial charge in [-0.05, 0) is 36.3 Å². The number of para-hydroxylation sites is 1. The lowest BCUT2D eigenvalue weighted by atomic mass is 10.1. The molecule has 33 heavy (non-hydrogen) atoms. The zero-order valence-electron chi connectivity index (χ0n) is 18.5. The maximum Gasteiger partial charge on any atom is 0.261 e. The van der Waals surface area contributed by atoms with Crippen LogP contribution in [0.15, 0.2) is 54.6 Å². The lowest BCUT2D eigenvalue weighted by Crippen LogP contribution is -2.50. The molecule has 0 aliphatic carbocycles. The lowest BCUT2D eigenvalue weighted by Gasteiger charge is -2.17. The Kier molecular flexibility index (Phi) is 8.77. The fourth-order valence-corrected chi connectivity index (χ4v) is 3.58. The van der Waals surface area contributed by atoms with E-state index in [2.05, 4.69) is 23.1 Å². The van der Waals surface area contributed by atoms with Crippen LogP contribution in [0.2, 0.25) is 0 Å². The molecule has 0 saturated carbocycles. The summed E-state index contributed by atoms with van der Waals surface area (Å²) in [5, 5.41) is 2.48. The maximum absolute atomic E-state index is 12.6. The Morgan fingerprint density at radius 2 is 1.82 bits per heavy atom. The van der Waals surface area contributed by atoms with Gasteiger partial charge in [0.25, 0.3) is 5.91 Å². The maximum atomic E-state index is 12.6. The van der Waals surface area contributed by atoms with Crippen LogP contribution in [0.1, 0.15) is 42.1 Å². The number of carbonyl (C=O) groups excluding carboxylic acids is 3. The number of thiocarbonyl (C=S) groups is 1. The number of ether oxygens (including phenoxy) is 1. The minimum atomic E-state index is -0.500. The molecule has 2 aromatic carbocycles. The summed E-state index contributed by atoms with van der Waals surface area (Å²) < 4.78 is 5.68. The van der Waals surface area contributed by atoms with Crippen molar-refractivity contribution in [1.29, 1.82) is 0 Å². The van der Waals surface area contributed by atoms with Crippen molar-refractivity contribution in [3.8, 4) is 5.75 Å². The minimum Gasteiger partial charge on any atom is -0.493 e. The van der Waals surface area contributed by atoms with Crippen LogP contribution in [0, 0.1) is 5.92 Å². The van der Waals surface area contributed by atoms with Gasteiger partial charge in [-0.15, -0.1) is 0 Å². The van der Waals surface area contributed by atoms with E-state index in [1.807, 2.05) is 30.3 Å². The molecule has 1 heterocycles. The van der Waals surface area contributed by atoms with E-state index in [1.165, 1.54) is 0 Å². The Bertz CT molecular complexity index is 999. The second-order valence-electron chi connectivity index (χ2n) is 7.76. The first kappa shape index (κ1) is 24.2. The van der Waals surface area contributed by atoms with Crippen molar-refractivity contribution in [2.75, 3.05) is 13.2 Å². The molecule has 1 aliphatic heterocycles. The molecule has 0 radical (unpaired) electrons. The van der Waals surface area contributed by atoms with Gasteiger partial charge in [0.05, 0.1) is 18.1 Å². The van der Waals surface area contributed by atoms with Crippen molar-refractivity contribution >= 4 is 35.1 Å². The number of hydrogen-bond donors (Lipinski definition) is 3. The van der Waals surface area contributed by atoms with Crippen molar-refractivity contribution in [3.63, 3.8) is 0 Å². The topological polar surface area (TPSA) is 99.8 Å². The van der Waals surface area contributed by atoms with E-state index in [0.29, 0.717) is 31.0 Å². The summed E-state index contributed by atoms with van der Waals surface area (Å²) in [7, 11) is 0. The number of benzene rings is 2. The smallest absolute Gasteiger partial charge is 0.261 e. The number of unbranched alkanes of at least 4 members (excludes halogenated alkanes) is 1. The van der Waals surface area contributed by atoms with Gasteiger partial charge in [-0.2, -0.15) is 0 Å². The summed E-state index contributed by atoms with van der Waals surface area (Å²) in [4.78, 5) is 39.0. The van der Waals surface area contributed by atoms with Gasteiger partial charge in [0.1, 0.15) is 5.75 Å². The zero-order chi connectivity index (χ0) is 23.6. The molecule has 174 valence electrons. The SMILES string of the molecule is CCCCOc1ccccc1C(=O)NC(=S)NNC(=O)C1CC(=O)N(Cc2ccccc2)C1. The van der Waals surface area contributed by atoms with Crippen LogP contribution in [0.4, 0.5) is 0 Å². The largest absolute Gasteiger partial charge is 0.493 e. The van der Waals surface area contributed by atoms with Crippen molar-refractivity contribution in [1.82, 2.24) is 21.1 Å². The molecule has 1 atom stereocenters. The zero-order valence-corrected chi connectivity index (χ0v) is 19.3. The number of nitrogens with one attached hydrogen (secondary N) is 3. The van der Waals surface area contributed by atoms with Crippen LogP contribution in [0.25, 0.3) is 0 Å². The average Bonchev–Trinajstić information content (AvgIpc) is 3.18. The van der Waals surface area contributed by atoms with Crippen LogP contribution in [-0.2, 0) is 16.1 Å². The summed E-state index contributed by atoms with van der Waals surface area (Å²) in [5.41, 5.74) is 6.38. The molecule has 2 aromatic rings. The second-order valence-corrected chi connectivity index (χ2v) is 8.16. The fourth-order valence-electron chi connectivity index (χ4n) is 3.43. The molecular formula is C24H28N4O4S. The van der Waals surface area contributed by atoms with E-state index < -0.39 is 11.8 Å². The van der Waals surface area contributed by atoms with Gasteiger partial charge in [0.2, 0.25) is 11.8 Å². The lowest BCUT2D eigenvalue weighted by molar-refractivity contribution is -0.129. The average molecular weight is 469 g/mol. The number of hydrogen-bond acceptors (Lipinski definition) is 5. The molecular weight excluding hydrogens is 440 g/mol. The predicted octanol–water partition coefficient (Wildman–Crippen LogP) is 2.55. The number of likely N-dealkylation sites (tertiary alicyclic amines) is 1. The summed E-state index contributed by atoms with van der Waals surface area (Å²) in [6, 6.07) is 16.5. The van der Waals surface area contributed by atoms with Crippen LogP contribution < -0.4 is 20.9 Å². The van der Waals surface area contributed by atoms with Gasteiger partial charge >= 0.3 is 0 Å². The molecule has 0 spiro atoms. The Balaban J connectivity index is 1.46. The molecule has 0 aromatic heterocycles. The van der Waals surface area contributed by atoms with Gasteiger partial charge in [0, 0.05) is 19.5 Å². The quantitative estimate of drug-likeness (QED) is 0.313. The fraction of sp³-hybridized carbons (Fsp3) is 0.333.